The van der Waals surface area contributed by atoms with Crippen molar-refractivity contribution in [1.82, 2.24) is 0 Å². The second kappa shape index (κ2) is 2.84. The van der Waals surface area contributed by atoms with E-state index in [4.69, 9.17) is 0 Å². The zero-order chi connectivity index (χ0) is 11.4. The quantitative estimate of drug-likeness (QED) is 0.686. The third-order valence-corrected chi connectivity index (χ3v) is 3.46. The summed E-state index contributed by atoms with van der Waals surface area (Å²) in [5.41, 5.74) is 5.95. The number of fused-ring (bicyclic) bond motifs is 2. The molecule has 1 aromatic carbocycles. The fourth-order valence-corrected chi connectivity index (χ4v) is 2.60. The molecule has 4 heteroatoms. The standard InChI is InChI=1S/C12H12N2O2/c1-5-7-3-9(15)14-12(7)6(2)8-4-10(16)13-11(5)8/h3-4H2,1-2H3,(H,13,16)(H,14,15). The molecule has 1 aromatic rings. The lowest BCUT2D eigenvalue weighted by molar-refractivity contribution is -0.115. The van der Waals surface area contributed by atoms with Crippen LogP contribution in [0, 0.1) is 13.8 Å². The predicted octanol–water partition coefficient (Wildman–Crippen LogP) is 1.29. The average molecular weight is 216 g/mol. The highest BCUT2D eigenvalue weighted by Gasteiger charge is 2.30. The first-order valence-electron chi connectivity index (χ1n) is 5.32. The fourth-order valence-electron chi connectivity index (χ4n) is 2.60. The fraction of sp³-hybridized carbons (Fsp3) is 0.333. The lowest BCUT2D eigenvalue weighted by atomic mass is 9.95. The number of hydrogen-bond donors (Lipinski definition) is 2. The summed E-state index contributed by atoms with van der Waals surface area (Å²) in [6, 6.07) is 0. The summed E-state index contributed by atoms with van der Waals surface area (Å²) >= 11 is 0. The van der Waals surface area contributed by atoms with Gasteiger partial charge in [0.1, 0.15) is 0 Å². The Bertz CT molecular complexity index is 456. The van der Waals surface area contributed by atoms with Crippen LogP contribution in [0.1, 0.15) is 22.3 Å². The van der Waals surface area contributed by atoms with Crippen molar-refractivity contribution in [3.05, 3.63) is 22.3 Å². The molecule has 2 aliphatic rings. The van der Waals surface area contributed by atoms with Crippen molar-refractivity contribution in [2.45, 2.75) is 26.7 Å². The molecule has 0 atom stereocenters. The molecule has 0 aliphatic carbocycles. The number of hydrogen-bond acceptors (Lipinski definition) is 2. The Morgan fingerprint density at radius 1 is 0.812 bits per heavy atom. The van der Waals surface area contributed by atoms with Crippen LogP contribution in [-0.2, 0) is 22.4 Å². The van der Waals surface area contributed by atoms with E-state index in [1.165, 1.54) is 0 Å². The summed E-state index contributed by atoms with van der Waals surface area (Å²) < 4.78 is 0. The summed E-state index contributed by atoms with van der Waals surface area (Å²) in [4.78, 5) is 22.8. The van der Waals surface area contributed by atoms with E-state index in [0.29, 0.717) is 12.8 Å². The summed E-state index contributed by atoms with van der Waals surface area (Å²) in [5, 5.41) is 5.75. The monoisotopic (exact) mass is 216 g/mol. The second-order valence-corrected chi connectivity index (χ2v) is 4.41. The van der Waals surface area contributed by atoms with Crippen molar-refractivity contribution in [3.63, 3.8) is 0 Å². The van der Waals surface area contributed by atoms with Crippen LogP contribution in [0.15, 0.2) is 0 Å². The number of benzene rings is 1. The first-order valence-corrected chi connectivity index (χ1v) is 5.32. The van der Waals surface area contributed by atoms with Crippen LogP contribution in [0.4, 0.5) is 11.4 Å². The minimum atomic E-state index is 0.0381. The van der Waals surface area contributed by atoms with Gasteiger partial charge in [-0.05, 0) is 36.1 Å². The van der Waals surface area contributed by atoms with Crippen molar-refractivity contribution in [3.8, 4) is 0 Å². The normalized spacial score (nSPS) is 16.9. The second-order valence-electron chi connectivity index (χ2n) is 4.41. The Hall–Kier alpha value is -1.84. The Morgan fingerprint density at radius 2 is 1.19 bits per heavy atom. The van der Waals surface area contributed by atoms with E-state index >= 15 is 0 Å². The largest absolute Gasteiger partial charge is 0.325 e. The SMILES string of the molecule is Cc1c2c(c(C)c3c1NC(=O)C3)NC(=O)C2. The Balaban J connectivity index is 2.30. The highest BCUT2D eigenvalue weighted by Crippen LogP contribution is 2.40. The Kier molecular flexibility index (Phi) is 1.67. The van der Waals surface area contributed by atoms with Crippen molar-refractivity contribution in [2.75, 3.05) is 10.6 Å². The van der Waals surface area contributed by atoms with Gasteiger partial charge < -0.3 is 10.6 Å². The van der Waals surface area contributed by atoms with Crippen LogP contribution in [0.3, 0.4) is 0 Å². The molecule has 0 bridgehead atoms. The molecule has 4 nitrogen and oxygen atoms in total. The van der Waals surface area contributed by atoms with E-state index in [0.717, 1.165) is 33.6 Å². The maximum absolute atomic E-state index is 11.4. The lowest BCUT2D eigenvalue weighted by Gasteiger charge is -2.13. The molecule has 2 aliphatic heterocycles. The van der Waals surface area contributed by atoms with E-state index in [1.54, 1.807) is 0 Å². The van der Waals surface area contributed by atoms with E-state index in [-0.39, 0.29) is 11.8 Å². The van der Waals surface area contributed by atoms with Crippen molar-refractivity contribution in [2.24, 2.45) is 0 Å². The summed E-state index contributed by atoms with van der Waals surface area (Å²) in [6.45, 7) is 3.92. The molecule has 0 fully saturated rings. The maximum Gasteiger partial charge on any atom is 0.228 e. The van der Waals surface area contributed by atoms with Crippen LogP contribution in [0.25, 0.3) is 0 Å². The first kappa shape index (κ1) is 9.39. The Morgan fingerprint density at radius 3 is 1.56 bits per heavy atom. The number of carbonyl (C=O) groups is 2. The highest BCUT2D eigenvalue weighted by atomic mass is 16.2. The number of anilines is 2. The molecule has 2 N–H and O–H groups in total. The number of amides is 2. The van der Waals surface area contributed by atoms with Crippen LogP contribution in [-0.4, -0.2) is 11.8 Å². The minimum Gasteiger partial charge on any atom is -0.325 e. The molecule has 0 radical (unpaired) electrons. The number of carbonyl (C=O) groups excluding carboxylic acids is 2. The molecule has 2 amide bonds. The molecular weight excluding hydrogens is 204 g/mol. The summed E-state index contributed by atoms with van der Waals surface area (Å²) in [6.07, 6.45) is 0.844. The van der Waals surface area contributed by atoms with Gasteiger partial charge in [-0.25, -0.2) is 0 Å². The molecule has 2 heterocycles. The van der Waals surface area contributed by atoms with Gasteiger partial charge in [0, 0.05) is 11.4 Å². The molecule has 0 unspecified atom stereocenters. The average Bonchev–Trinajstić information content (AvgIpc) is 2.78. The summed E-state index contributed by atoms with van der Waals surface area (Å²) in [7, 11) is 0. The van der Waals surface area contributed by atoms with Crippen molar-refractivity contribution in [1.29, 1.82) is 0 Å². The van der Waals surface area contributed by atoms with Gasteiger partial charge >= 0.3 is 0 Å². The number of nitrogens with one attached hydrogen (secondary N) is 2. The Labute approximate surface area is 93.0 Å². The van der Waals surface area contributed by atoms with E-state index < -0.39 is 0 Å². The van der Waals surface area contributed by atoms with E-state index in [1.807, 2.05) is 13.8 Å². The predicted molar refractivity (Wildman–Crippen MR) is 60.6 cm³/mol. The van der Waals surface area contributed by atoms with Gasteiger partial charge in [-0.2, -0.15) is 0 Å². The van der Waals surface area contributed by atoms with Gasteiger partial charge in [-0.3, -0.25) is 9.59 Å². The van der Waals surface area contributed by atoms with Crippen molar-refractivity contribution >= 4 is 23.2 Å². The van der Waals surface area contributed by atoms with Crippen LogP contribution in [0.2, 0.25) is 0 Å². The molecule has 0 spiro atoms. The third-order valence-electron chi connectivity index (χ3n) is 3.46. The third kappa shape index (κ3) is 1.04. The first-order chi connectivity index (χ1) is 7.58. The van der Waals surface area contributed by atoms with Crippen molar-refractivity contribution < 1.29 is 9.59 Å². The zero-order valence-corrected chi connectivity index (χ0v) is 9.23. The lowest BCUT2D eigenvalue weighted by Crippen LogP contribution is -2.06. The van der Waals surface area contributed by atoms with Gasteiger partial charge in [0.05, 0.1) is 12.8 Å². The van der Waals surface area contributed by atoms with Crippen LogP contribution < -0.4 is 10.6 Å². The topological polar surface area (TPSA) is 58.2 Å². The molecule has 0 saturated heterocycles. The molecule has 82 valence electrons. The maximum atomic E-state index is 11.4. The molecule has 0 saturated carbocycles. The summed E-state index contributed by atoms with van der Waals surface area (Å²) in [5.74, 6) is 0.0763. The molecule has 3 rings (SSSR count). The van der Waals surface area contributed by atoms with E-state index in [9.17, 15) is 9.59 Å². The van der Waals surface area contributed by atoms with Crippen LogP contribution in [0.5, 0.6) is 0 Å². The smallest absolute Gasteiger partial charge is 0.228 e. The molecule has 0 aromatic heterocycles. The van der Waals surface area contributed by atoms with E-state index in [2.05, 4.69) is 10.6 Å². The minimum absolute atomic E-state index is 0.0381. The zero-order valence-electron chi connectivity index (χ0n) is 9.23. The van der Waals surface area contributed by atoms with Crippen LogP contribution >= 0.6 is 0 Å². The van der Waals surface area contributed by atoms with Gasteiger partial charge in [0.15, 0.2) is 0 Å². The van der Waals surface area contributed by atoms with Gasteiger partial charge in [-0.1, -0.05) is 0 Å². The van der Waals surface area contributed by atoms with Gasteiger partial charge in [0.2, 0.25) is 11.8 Å². The molecular formula is C12H12N2O2. The molecule has 16 heavy (non-hydrogen) atoms. The van der Waals surface area contributed by atoms with Gasteiger partial charge in [0.25, 0.3) is 0 Å². The number of rotatable bonds is 0. The highest BCUT2D eigenvalue weighted by molar-refractivity contribution is 6.06. The van der Waals surface area contributed by atoms with Gasteiger partial charge in [-0.15, -0.1) is 0 Å².